The molecule has 174 valence electrons. The van der Waals surface area contributed by atoms with E-state index in [0.29, 0.717) is 16.8 Å². The Hall–Kier alpha value is -2.97. The molecule has 0 amide bonds. The number of benzene rings is 2. The molecule has 2 aromatic carbocycles. The molecular formula is C25H29N3O4S. The number of fused-ring (bicyclic) bond motifs is 3. The molecule has 0 radical (unpaired) electrons. The molecule has 0 spiro atoms. The molecular weight excluding hydrogens is 438 g/mol. The minimum absolute atomic E-state index is 0.0435. The van der Waals surface area contributed by atoms with Crippen molar-refractivity contribution in [1.29, 1.82) is 0 Å². The summed E-state index contributed by atoms with van der Waals surface area (Å²) in [6.07, 6.45) is 0. The molecule has 4 rings (SSSR count). The summed E-state index contributed by atoms with van der Waals surface area (Å²) >= 11 is 0. The van der Waals surface area contributed by atoms with Crippen molar-refractivity contribution in [2.24, 2.45) is 0 Å². The molecule has 0 atom stereocenters. The maximum Gasteiger partial charge on any atom is 0.359 e. The average Bonchev–Trinajstić information content (AvgIpc) is 3.12. The first kappa shape index (κ1) is 23.2. The van der Waals surface area contributed by atoms with Gasteiger partial charge in [0.25, 0.3) is 0 Å². The Morgan fingerprint density at radius 2 is 1.79 bits per heavy atom. The number of carbonyl (C=O) groups excluding carboxylic acids is 1. The Labute approximate surface area is 194 Å². The van der Waals surface area contributed by atoms with Crippen LogP contribution in [-0.2, 0) is 25.7 Å². The van der Waals surface area contributed by atoms with Gasteiger partial charge in [-0.25, -0.2) is 17.9 Å². The van der Waals surface area contributed by atoms with Gasteiger partial charge in [0.15, 0.2) is 15.5 Å². The summed E-state index contributed by atoms with van der Waals surface area (Å²) in [4.78, 5) is 15.1. The lowest BCUT2D eigenvalue weighted by Gasteiger charge is -2.29. The summed E-state index contributed by atoms with van der Waals surface area (Å²) < 4.78 is 32.8. The van der Waals surface area contributed by atoms with Crippen molar-refractivity contribution >= 4 is 15.8 Å². The van der Waals surface area contributed by atoms with E-state index in [2.05, 4.69) is 50.1 Å². The number of ether oxygens (including phenoxy) is 1. The monoisotopic (exact) mass is 467 g/mol. The number of hydrogen-bond donors (Lipinski definition) is 0. The van der Waals surface area contributed by atoms with Crippen molar-refractivity contribution in [3.63, 3.8) is 0 Å². The molecule has 0 fully saturated rings. The lowest BCUT2D eigenvalue weighted by molar-refractivity contribution is 0.0518. The van der Waals surface area contributed by atoms with Crippen LogP contribution in [0.1, 0.15) is 42.4 Å². The number of hydrogen-bond acceptors (Lipinski definition) is 6. The quantitative estimate of drug-likeness (QED) is 0.513. The maximum absolute atomic E-state index is 13.0. The molecule has 2 heterocycles. The second-order valence-electron chi connectivity index (χ2n) is 9.23. The van der Waals surface area contributed by atoms with E-state index in [1.807, 2.05) is 12.1 Å². The van der Waals surface area contributed by atoms with Gasteiger partial charge in [-0.3, -0.25) is 0 Å². The van der Waals surface area contributed by atoms with Gasteiger partial charge < -0.3 is 9.64 Å². The van der Waals surface area contributed by atoms with Crippen LogP contribution < -0.4 is 0 Å². The number of esters is 1. The molecule has 0 saturated heterocycles. The Morgan fingerprint density at radius 3 is 2.42 bits per heavy atom. The summed E-state index contributed by atoms with van der Waals surface area (Å²) in [5.41, 5.74) is 3.45. The predicted molar refractivity (Wildman–Crippen MR) is 127 cm³/mol. The molecule has 1 aliphatic heterocycles. The first-order valence-electron chi connectivity index (χ1n) is 10.9. The zero-order valence-electron chi connectivity index (χ0n) is 19.6. The van der Waals surface area contributed by atoms with Crippen molar-refractivity contribution < 1.29 is 17.9 Å². The summed E-state index contributed by atoms with van der Waals surface area (Å²) in [5.74, 6) is -0.910. The number of rotatable bonds is 6. The number of likely N-dealkylation sites (N-methyl/N-ethyl adjacent to an activating group) is 1. The number of aromatic nitrogens is 2. The molecule has 0 unspecified atom stereocenters. The second kappa shape index (κ2) is 8.43. The van der Waals surface area contributed by atoms with Crippen LogP contribution in [-0.4, -0.2) is 56.3 Å². The van der Waals surface area contributed by atoms with E-state index in [-0.39, 0.29) is 28.4 Å². The van der Waals surface area contributed by atoms with E-state index >= 15 is 0 Å². The van der Waals surface area contributed by atoms with Crippen LogP contribution >= 0.6 is 0 Å². The number of carbonyl (C=O) groups is 1. The molecule has 1 aromatic heterocycles. The fourth-order valence-corrected chi connectivity index (χ4v) is 6.15. The van der Waals surface area contributed by atoms with E-state index in [9.17, 15) is 13.2 Å². The molecule has 1 aliphatic rings. The molecule has 0 aliphatic carbocycles. The van der Waals surface area contributed by atoms with Crippen LogP contribution in [0.15, 0.2) is 53.4 Å². The lowest BCUT2D eigenvalue weighted by Crippen LogP contribution is -2.32. The fourth-order valence-electron chi connectivity index (χ4n) is 4.55. The van der Waals surface area contributed by atoms with E-state index in [1.165, 1.54) is 5.56 Å². The van der Waals surface area contributed by atoms with Crippen LogP contribution in [0.4, 0.5) is 0 Å². The van der Waals surface area contributed by atoms with Gasteiger partial charge in [0.2, 0.25) is 0 Å². The molecule has 0 saturated carbocycles. The normalized spacial score (nSPS) is 14.6. The Balaban J connectivity index is 1.89. The molecule has 8 heteroatoms. The van der Waals surface area contributed by atoms with E-state index < -0.39 is 15.8 Å². The third kappa shape index (κ3) is 4.20. The Bertz CT molecular complexity index is 1310. The van der Waals surface area contributed by atoms with Gasteiger partial charge in [-0.15, -0.1) is 0 Å². The van der Waals surface area contributed by atoms with Crippen molar-refractivity contribution in [2.75, 3.05) is 27.2 Å². The molecule has 0 bridgehead atoms. The average molecular weight is 468 g/mol. The Morgan fingerprint density at radius 1 is 1.12 bits per heavy atom. The molecule has 3 aromatic rings. The minimum atomic E-state index is -3.60. The molecule has 33 heavy (non-hydrogen) atoms. The smallest absolute Gasteiger partial charge is 0.359 e. The predicted octanol–water partition coefficient (Wildman–Crippen LogP) is 3.84. The van der Waals surface area contributed by atoms with Crippen LogP contribution in [0.5, 0.6) is 0 Å². The lowest BCUT2D eigenvalue weighted by atomic mass is 9.84. The highest BCUT2D eigenvalue weighted by molar-refractivity contribution is 7.90. The summed E-state index contributed by atoms with van der Waals surface area (Å²) in [5, 5.41) is 4.55. The van der Waals surface area contributed by atoms with Crippen LogP contribution in [0, 0.1) is 0 Å². The van der Waals surface area contributed by atoms with Crippen LogP contribution in [0.25, 0.3) is 16.9 Å². The highest BCUT2D eigenvalue weighted by atomic mass is 32.2. The maximum atomic E-state index is 13.0. The van der Waals surface area contributed by atoms with Gasteiger partial charge in [-0.1, -0.05) is 44.2 Å². The first-order chi connectivity index (χ1) is 15.5. The van der Waals surface area contributed by atoms with E-state index in [0.717, 1.165) is 12.2 Å². The van der Waals surface area contributed by atoms with Gasteiger partial charge >= 0.3 is 5.97 Å². The summed E-state index contributed by atoms with van der Waals surface area (Å²) in [6.45, 7) is 7.16. The van der Waals surface area contributed by atoms with Crippen molar-refractivity contribution in [3.8, 4) is 16.9 Å². The molecule has 7 nitrogen and oxygen atoms in total. The highest BCUT2D eigenvalue weighted by Gasteiger charge is 2.36. The third-order valence-corrected chi connectivity index (χ3v) is 7.56. The Kier molecular flexibility index (Phi) is 5.92. The van der Waals surface area contributed by atoms with E-state index in [1.54, 1.807) is 35.9 Å². The van der Waals surface area contributed by atoms with Gasteiger partial charge in [0.1, 0.15) is 0 Å². The SMILES string of the molecule is CCOC(=O)c1nn(-c2ccc(C(C)(C)CN(C)C)cc2)c2c1CS(=O)(=O)c1ccccc1-2. The zero-order valence-corrected chi connectivity index (χ0v) is 20.4. The van der Waals surface area contributed by atoms with Gasteiger partial charge in [-0.05, 0) is 44.8 Å². The first-order valence-corrected chi connectivity index (χ1v) is 12.6. The summed E-state index contributed by atoms with van der Waals surface area (Å²) in [6, 6.07) is 14.9. The van der Waals surface area contributed by atoms with Gasteiger partial charge in [0.05, 0.1) is 28.6 Å². The highest BCUT2D eigenvalue weighted by Crippen LogP contribution is 2.40. The fraction of sp³-hybridized carbons (Fsp3) is 0.360. The third-order valence-electron chi connectivity index (χ3n) is 5.87. The van der Waals surface area contributed by atoms with Crippen molar-refractivity contribution in [3.05, 3.63) is 65.4 Å². The van der Waals surface area contributed by atoms with Crippen molar-refractivity contribution in [2.45, 2.75) is 36.8 Å². The van der Waals surface area contributed by atoms with Gasteiger partial charge in [-0.2, -0.15) is 5.10 Å². The van der Waals surface area contributed by atoms with E-state index in [4.69, 9.17) is 4.74 Å². The van der Waals surface area contributed by atoms with Crippen LogP contribution in [0.2, 0.25) is 0 Å². The summed E-state index contributed by atoms with van der Waals surface area (Å²) in [7, 11) is 0.502. The standard InChI is InChI=1S/C25H29N3O4S/c1-6-32-24(29)22-20-15-33(30,31)21-10-8-7-9-19(21)23(20)28(26-22)18-13-11-17(12-14-18)25(2,3)16-27(4)5/h7-14H,6,15-16H2,1-5H3. The number of nitrogens with zero attached hydrogens (tertiary/aromatic N) is 3. The van der Waals surface area contributed by atoms with Crippen molar-refractivity contribution in [1.82, 2.24) is 14.7 Å². The van der Waals surface area contributed by atoms with Crippen LogP contribution in [0.3, 0.4) is 0 Å². The zero-order chi connectivity index (χ0) is 24.0. The second-order valence-corrected chi connectivity index (χ2v) is 11.2. The molecule has 0 N–H and O–H groups in total. The van der Waals surface area contributed by atoms with Gasteiger partial charge in [0, 0.05) is 23.1 Å². The largest absolute Gasteiger partial charge is 0.461 e. The topological polar surface area (TPSA) is 81.5 Å². The number of sulfone groups is 1. The minimum Gasteiger partial charge on any atom is -0.461 e.